The van der Waals surface area contributed by atoms with E-state index in [2.05, 4.69) is 10.6 Å². The van der Waals surface area contributed by atoms with Crippen molar-refractivity contribution >= 4 is 11.9 Å². The number of benzene rings is 1. The zero-order chi connectivity index (χ0) is 16.1. The Bertz CT molecular complexity index is 534. The first-order valence-corrected chi connectivity index (χ1v) is 8.59. The molecular weight excluding hydrogens is 290 g/mol. The highest BCUT2D eigenvalue weighted by atomic mass is 16.2. The number of amides is 3. The third kappa shape index (κ3) is 4.24. The third-order valence-corrected chi connectivity index (χ3v) is 4.89. The minimum absolute atomic E-state index is 0.127. The Morgan fingerprint density at radius 2 is 1.74 bits per heavy atom. The van der Waals surface area contributed by atoms with E-state index in [9.17, 15) is 9.59 Å². The molecule has 124 valence electrons. The molecule has 0 aromatic heterocycles. The van der Waals surface area contributed by atoms with Gasteiger partial charge in [-0.1, -0.05) is 36.8 Å². The van der Waals surface area contributed by atoms with E-state index < -0.39 is 0 Å². The highest BCUT2D eigenvalue weighted by Gasteiger charge is 2.31. The monoisotopic (exact) mass is 315 g/mol. The van der Waals surface area contributed by atoms with Gasteiger partial charge in [0.2, 0.25) is 5.91 Å². The number of nitrogens with zero attached hydrogens (tertiary/aromatic N) is 1. The molecule has 0 radical (unpaired) electrons. The van der Waals surface area contributed by atoms with Crippen LogP contribution in [0.3, 0.4) is 0 Å². The van der Waals surface area contributed by atoms with Crippen LogP contribution < -0.4 is 10.6 Å². The van der Waals surface area contributed by atoms with Crippen LogP contribution in [0.5, 0.6) is 0 Å². The lowest BCUT2D eigenvalue weighted by molar-refractivity contribution is -0.139. The number of carbonyl (C=O) groups excluding carboxylic acids is 2. The number of rotatable bonds is 4. The molecule has 0 unspecified atom stereocenters. The zero-order valence-corrected chi connectivity index (χ0v) is 13.5. The molecule has 0 spiro atoms. The van der Waals surface area contributed by atoms with Crippen molar-refractivity contribution in [2.75, 3.05) is 13.1 Å². The van der Waals surface area contributed by atoms with Gasteiger partial charge < -0.3 is 15.5 Å². The summed E-state index contributed by atoms with van der Waals surface area (Å²) in [6.07, 6.45) is 4.99. The molecule has 5 heteroatoms. The second-order valence-corrected chi connectivity index (χ2v) is 6.54. The summed E-state index contributed by atoms with van der Waals surface area (Å²) in [5, 5.41) is 5.90. The molecule has 1 saturated carbocycles. The number of likely N-dealkylation sites (tertiary alicyclic amines) is 1. The number of hydrogen-bond donors (Lipinski definition) is 2. The highest BCUT2D eigenvalue weighted by molar-refractivity contribution is 5.79. The smallest absolute Gasteiger partial charge is 0.315 e. The fraction of sp³-hybridized carbons (Fsp3) is 0.556. The Morgan fingerprint density at radius 3 is 2.35 bits per heavy atom. The molecule has 1 aliphatic carbocycles. The Balaban J connectivity index is 1.36. The van der Waals surface area contributed by atoms with Crippen LogP contribution in [0, 0.1) is 5.92 Å². The van der Waals surface area contributed by atoms with Crippen molar-refractivity contribution in [3.8, 4) is 0 Å². The number of hydrogen-bond acceptors (Lipinski definition) is 2. The molecule has 1 aliphatic heterocycles. The van der Waals surface area contributed by atoms with Crippen molar-refractivity contribution in [3.05, 3.63) is 35.9 Å². The van der Waals surface area contributed by atoms with E-state index in [4.69, 9.17) is 0 Å². The molecule has 0 bridgehead atoms. The molecule has 5 nitrogen and oxygen atoms in total. The predicted molar refractivity (Wildman–Crippen MR) is 88.8 cm³/mol. The normalized spacial score (nSPS) is 19.0. The van der Waals surface area contributed by atoms with E-state index in [0.29, 0.717) is 12.5 Å². The lowest BCUT2D eigenvalue weighted by Crippen LogP contribution is -2.50. The van der Waals surface area contributed by atoms with Crippen LogP contribution in [-0.2, 0) is 11.3 Å². The van der Waals surface area contributed by atoms with Crippen molar-refractivity contribution in [3.63, 3.8) is 0 Å². The van der Waals surface area contributed by atoms with Gasteiger partial charge >= 0.3 is 6.03 Å². The topological polar surface area (TPSA) is 61.4 Å². The number of carbonyl (C=O) groups is 2. The lowest BCUT2D eigenvalue weighted by Gasteiger charge is -2.36. The minimum atomic E-state index is -0.127. The first kappa shape index (κ1) is 15.8. The highest BCUT2D eigenvalue weighted by Crippen LogP contribution is 2.29. The summed E-state index contributed by atoms with van der Waals surface area (Å²) in [5.74, 6) is 0.594. The largest absolute Gasteiger partial charge is 0.342 e. The molecule has 2 aliphatic rings. The Labute approximate surface area is 137 Å². The molecule has 3 rings (SSSR count). The molecule has 2 fully saturated rings. The summed E-state index contributed by atoms with van der Waals surface area (Å²) in [6, 6.07) is 9.90. The summed E-state index contributed by atoms with van der Waals surface area (Å²) < 4.78 is 0. The van der Waals surface area contributed by atoms with Crippen LogP contribution in [-0.4, -0.2) is 36.0 Å². The van der Waals surface area contributed by atoms with Gasteiger partial charge in [-0.2, -0.15) is 0 Å². The standard InChI is InChI=1S/C18H25N3O2/c22-17(15-7-4-8-15)21-11-9-16(10-12-21)20-18(23)19-13-14-5-2-1-3-6-14/h1-3,5-6,15-16H,4,7-13H2,(H2,19,20,23). The molecule has 1 aromatic rings. The molecule has 3 amide bonds. The van der Waals surface area contributed by atoms with Gasteiger partial charge in [0.1, 0.15) is 0 Å². The quantitative estimate of drug-likeness (QED) is 0.895. The van der Waals surface area contributed by atoms with E-state index in [1.165, 1.54) is 6.42 Å². The first-order valence-electron chi connectivity index (χ1n) is 8.59. The summed E-state index contributed by atoms with van der Waals surface area (Å²) >= 11 is 0. The average molecular weight is 315 g/mol. The van der Waals surface area contributed by atoms with Crippen molar-refractivity contribution in [1.82, 2.24) is 15.5 Å². The van der Waals surface area contributed by atoms with Gasteiger partial charge in [0.25, 0.3) is 0 Å². The van der Waals surface area contributed by atoms with Crippen molar-refractivity contribution in [2.24, 2.45) is 5.92 Å². The second kappa shape index (κ2) is 7.49. The summed E-state index contributed by atoms with van der Waals surface area (Å²) in [7, 11) is 0. The zero-order valence-electron chi connectivity index (χ0n) is 13.5. The van der Waals surface area contributed by atoms with Gasteiger partial charge in [-0.25, -0.2) is 4.79 Å². The average Bonchev–Trinajstić information content (AvgIpc) is 2.53. The fourth-order valence-electron chi connectivity index (χ4n) is 3.17. The number of nitrogens with one attached hydrogen (secondary N) is 2. The lowest BCUT2D eigenvalue weighted by atomic mass is 9.84. The number of urea groups is 1. The van der Waals surface area contributed by atoms with Crippen molar-refractivity contribution in [1.29, 1.82) is 0 Å². The van der Waals surface area contributed by atoms with Gasteiger partial charge in [0, 0.05) is 31.6 Å². The number of piperidine rings is 1. The predicted octanol–water partition coefficient (Wildman–Crippen LogP) is 2.28. The van der Waals surface area contributed by atoms with Gasteiger partial charge in [-0.15, -0.1) is 0 Å². The maximum absolute atomic E-state index is 12.2. The molecule has 0 atom stereocenters. The molecule has 1 saturated heterocycles. The van der Waals surface area contributed by atoms with Crippen LogP contribution in [0.2, 0.25) is 0 Å². The first-order chi connectivity index (χ1) is 11.2. The van der Waals surface area contributed by atoms with Gasteiger partial charge in [-0.05, 0) is 31.2 Å². The molecule has 23 heavy (non-hydrogen) atoms. The van der Waals surface area contributed by atoms with E-state index in [0.717, 1.165) is 44.3 Å². The molecule has 1 heterocycles. The van der Waals surface area contributed by atoms with E-state index in [1.807, 2.05) is 35.2 Å². The summed E-state index contributed by atoms with van der Waals surface area (Å²) in [5.41, 5.74) is 1.09. The van der Waals surface area contributed by atoms with Crippen molar-refractivity contribution in [2.45, 2.75) is 44.7 Å². The molecule has 1 aromatic carbocycles. The Morgan fingerprint density at radius 1 is 1.04 bits per heavy atom. The minimum Gasteiger partial charge on any atom is -0.342 e. The van der Waals surface area contributed by atoms with Crippen LogP contribution in [0.1, 0.15) is 37.7 Å². The van der Waals surface area contributed by atoms with Crippen LogP contribution in [0.15, 0.2) is 30.3 Å². The van der Waals surface area contributed by atoms with E-state index >= 15 is 0 Å². The molecular formula is C18H25N3O2. The summed E-state index contributed by atoms with van der Waals surface area (Å²) in [6.45, 7) is 2.06. The fourth-order valence-corrected chi connectivity index (χ4v) is 3.17. The molecule has 2 N–H and O–H groups in total. The van der Waals surface area contributed by atoms with Gasteiger partial charge in [0.15, 0.2) is 0 Å². The van der Waals surface area contributed by atoms with Crippen molar-refractivity contribution < 1.29 is 9.59 Å². The Hall–Kier alpha value is -2.04. The Kier molecular flexibility index (Phi) is 5.16. The third-order valence-electron chi connectivity index (χ3n) is 4.89. The van der Waals surface area contributed by atoms with E-state index in [-0.39, 0.29) is 18.0 Å². The van der Waals surface area contributed by atoms with Crippen LogP contribution >= 0.6 is 0 Å². The maximum atomic E-state index is 12.2. The van der Waals surface area contributed by atoms with E-state index in [1.54, 1.807) is 0 Å². The SMILES string of the molecule is O=C(NCc1ccccc1)NC1CCN(C(=O)C2CCC2)CC1. The maximum Gasteiger partial charge on any atom is 0.315 e. The van der Waals surface area contributed by atoms with Gasteiger partial charge in [0.05, 0.1) is 0 Å². The summed E-state index contributed by atoms with van der Waals surface area (Å²) in [4.78, 5) is 26.1. The second-order valence-electron chi connectivity index (χ2n) is 6.54. The van der Waals surface area contributed by atoms with Gasteiger partial charge in [-0.3, -0.25) is 4.79 Å². The van der Waals surface area contributed by atoms with Crippen LogP contribution in [0.4, 0.5) is 4.79 Å². The van der Waals surface area contributed by atoms with Crippen LogP contribution in [0.25, 0.3) is 0 Å².